The number of rotatable bonds is 3. The van der Waals surface area contributed by atoms with Crippen LogP contribution in [0.5, 0.6) is 5.75 Å². The van der Waals surface area contributed by atoms with Crippen LogP contribution in [0.2, 0.25) is 0 Å². The van der Waals surface area contributed by atoms with Crippen molar-refractivity contribution in [2.75, 3.05) is 7.11 Å². The summed E-state index contributed by atoms with van der Waals surface area (Å²) < 4.78 is 5.34. The van der Waals surface area contributed by atoms with Crippen molar-refractivity contribution in [3.63, 3.8) is 0 Å². The highest BCUT2D eigenvalue weighted by Gasteiger charge is 2.05. The largest absolute Gasteiger partial charge is 0.494 e. The van der Waals surface area contributed by atoms with Gasteiger partial charge in [0, 0.05) is 11.9 Å². The first-order chi connectivity index (χ1) is 9.10. The molecular formula is C15H17N3O. The first-order valence-corrected chi connectivity index (χ1v) is 6.10. The van der Waals surface area contributed by atoms with Crippen LogP contribution in [-0.2, 0) is 0 Å². The number of ether oxygens (including phenoxy) is 1. The van der Waals surface area contributed by atoms with Crippen molar-refractivity contribution >= 4 is 11.4 Å². The summed E-state index contributed by atoms with van der Waals surface area (Å²) in [6.45, 7) is 5.85. The van der Waals surface area contributed by atoms with Gasteiger partial charge in [0.25, 0.3) is 0 Å². The number of aryl methyl sites for hydroxylation is 2. The molecule has 0 unspecified atom stereocenters. The van der Waals surface area contributed by atoms with Gasteiger partial charge in [0.15, 0.2) is 5.82 Å². The van der Waals surface area contributed by atoms with E-state index in [1.54, 1.807) is 13.3 Å². The van der Waals surface area contributed by atoms with Crippen LogP contribution in [0.25, 0.3) is 0 Å². The molecule has 0 spiro atoms. The van der Waals surface area contributed by atoms with Gasteiger partial charge in [0.1, 0.15) is 11.4 Å². The smallest absolute Gasteiger partial charge is 0.173 e. The SMILES string of the molecule is COc1cc(C)ccc1N=C(C)c1nccc(C)n1. The van der Waals surface area contributed by atoms with Crippen LogP contribution >= 0.6 is 0 Å². The third kappa shape index (κ3) is 3.16. The molecule has 0 atom stereocenters. The second-order valence-corrected chi connectivity index (χ2v) is 4.39. The average Bonchev–Trinajstić information content (AvgIpc) is 2.40. The molecule has 0 aliphatic carbocycles. The maximum Gasteiger partial charge on any atom is 0.173 e. The fourth-order valence-corrected chi connectivity index (χ4v) is 1.73. The molecule has 1 aromatic heterocycles. The van der Waals surface area contributed by atoms with E-state index >= 15 is 0 Å². The normalized spacial score (nSPS) is 11.5. The number of benzene rings is 1. The van der Waals surface area contributed by atoms with Crippen LogP contribution in [0.15, 0.2) is 35.5 Å². The van der Waals surface area contributed by atoms with Crippen LogP contribution < -0.4 is 4.74 Å². The highest BCUT2D eigenvalue weighted by Crippen LogP contribution is 2.28. The van der Waals surface area contributed by atoms with Gasteiger partial charge >= 0.3 is 0 Å². The Balaban J connectivity index is 2.40. The molecule has 0 radical (unpaired) electrons. The Hall–Kier alpha value is -2.23. The summed E-state index contributed by atoms with van der Waals surface area (Å²) in [7, 11) is 1.65. The van der Waals surface area contributed by atoms with Gasteiger partial charge in [-0.3, -0.25) is 0 Å². The molecule has 0 saturated heterocycles. The molecule has 1 aromatic carbocycles. The molecule has 2 rings (SSSR count). The maximum atomic E-state index is 5.34. The van der Waals surface area contributed by atoms with Gasteiger partial charge in [-0.15, -0.1) is 0 Å². The van der Waals surface area contributed by atoms with E-state index in [9.17, 15) is 0 Å². The predicted molar refractivity (Wildman–Crippen MR) is 76.4 cm³/mol. The van der Waals surface area contributed by atoms with Crippen molar-refractivity contribution in [1.82, 2.24) is 9.97 Å². The summed E-state index contributed by atoms with van der Waals surface area (Å²) in [6.07, 6.45) is 1.74. The van der Waals surface area contributed by atoms with Crippen LogP contribution in [0.1, 0.15) is 24.0 Å². The van der Waals surface area contributed by atoms with Crippen molar-refractivity contribution in [3.05, 3.63) is 47.5 Å². The fourth-order valence-electron chi connectivity index (χ4n) is 1.73. The lowest BCUT2D eigenvalue weighted by atomic mass is 10.2. The Morgan fingerprint density at radius 1 is 1.21 bits per heavy atom. The lowest BCUT2D eigenvalue weighted by molar-refractivity contribution is 0.416. The number of methoxy groups -OCH3 is 1. The van der Waals surface area contributed by atoms with E-state index in [2.05, 4.69) is 15.0 Å². The molecule has 2 aromatic rings. The molecule has 0 aliphatic heterocycles. The molecule has 0 N–H and O–H groups in total. The van der Waals surface area contributed by atoms with Gasteiger partial charge in [-0.05, 0) is 44.5 Å². The zero-order valence-electron chi connectivity index (χ0n) is 11.6. The van der Waals surface area contributed by atoms with Crippen molar-refractivity contribution < 1.29 is 4.74 Å². The van der Waals surface area contributed by atoms with Crippen LogP contribution in [0.4, 0.5) is 5.69 Å². The van der Waals surface area contributed by atoms with Crippen molar-refractivity contribution in [1.29, 1.82) is 0 Å². The predicted octanol–water partition coefficient (Wildman–Crippen LogP) is 3.24. The van der Waals surface area contributed by atoms with Crippen LogP contribution in [-0.4, -0.2) is 22.8 Å². The zero-order valence-corrected chi connectivity index (χ0v) is 11.6. The molecule has 4 nitrogen and oxygen atoms in total. The topological polar surface area (TPSA) is 47.4 Å². The molecule has 0 saturated carbocycles. The van der Waals surface area contributed by atoms with E-state index < -0.39 is 0 Å². The second kappa shape index (κ2) is 5.61. The molecule has 98 valence electrons. The van der Waals surface area contributed by atoms with Gasteiger partial charge in [-0.1, -0.05) is 6.07 Å². The Kier molecular flexibility index (Phi) is 3.90. The Morgan fingerprint density at radius 2 is 2.00 bits per heavy atom. The molecule has 0 amide bonds. The number of hydrogen-bond acceptors (Lipinski definition) is 4. The highest BCUT2D eigenvalue weighted by atomic mass is 16.5. The number of hydrogen-bond donors (Lipinski definition) is 0. The Morgan fingerprint density at radius 3 is 2.68 bits per heavy atom. The summed E-state index contributed by atoms with van der Waals surface area (Å²) >= 11 is 0. The monoisotopic (exact) mass is 255 g/mol. The van der Waals surface area contributed by atoms with Gasteiger partial charge in [-0.2, -0.15) is 0 Å². The van der Waals surface area contributed by atoms with E-state index in [4.69, 9.17) is 4.74 Å². The van der Waals surface area contributed by atoms with E-state index in [1.807, 2.05) is 45.0 Å². The highest BCUT2D eigenvalue weighted by molar-refractivity contribution is 5.97. The van der Waals surface area contributed by atoms with Gasteiger partial charge < -0.3 is 4.74 Å². The van der Waals surface area contributed by atoms with Crippen LogP contribution in [0, 0.1) is 13.8 Å². The lowest BCUT2D eigenvalue weighted by Crippen LogP contribution is -2.02. The Bertz CT molecular complexity index is 621. The molecule has 1 heterocycles. The number of aliphatic imine (C=N–C) groups is 1. The fraction of sp³-hybridized carbons (Fsp3) is 0.267. The lowest BCUT2D eigenvalue weighted by Gasteiger charge is -2.06. The summed E-state index contributed by atoms with van der Waals surface area (Å²) in [5.41, 5.74) is 3.62. The van der Waals surface area contributed by atoms with Crippen molar-refractivity contribution in [3.8, 4) is 5.75 Å². The van der Waals surface area contributed by atoms with Crippen molar-refractivity contribution in [2.45, 2.75) is 20.8 Å². The molecule has 0 bridgehead atoms. The number of nitrogens with zero attached hydrogens (tertiary/aromatic N) is 3. The minimum Gasteiger partial charge on any atom is -0.494 e. The molecule has 4 heteroatoms. The van der Waals surface area contributed by atoms with E-state index in [-0.39, 0.29) is 0 Å². The molecule has 0 fully saturated rings. The summed E-state index contributed by atoms with van der Waals surface area (Å²) in [6, 6.07) is 7.77. The van der Waals surface area contributed by atoms with Crippen molar-refractivity contribution in [2.24, 2.45) is 4.99 Å². The molecular weight excluding hydrogens is 238 g/mol. The van der Waals surface area contributed by atoms with E-state index in [0.717, 1.165) is 28.4 Å². The minimum absolute atomic E-state index is 0.641. The van der Waals surface area contributed by atoms with E-state index in [1.165, 1.54) is 0 Å². The second-order valence-electron chi connectivity index (χ2n) is 4.39. The Labute approximate surface area is 113 Å². The van der Waals surface area contributed by atoms with E-state index in [0.29, 0.717) is 5.82 Å². The first-order valence-electron chi connectivity index (χ1n) is 6.10. The summed E-state index contributed by atoms with van der Waals surface area (Å²) in [5.74, 6) is 1.40. The molecule has 19 heavy (non-hydrogen) atoms. The molecule has 0 aliphatic rings. The minimum atomic E-state index is 0.641. The average molecular weight is 255 g/mol. The van der Waals surface area contributed by atoms with Gasteiger partial charge in [0.2, 0.25) is 0 Å². The summed E-state index contributed by atoms with van der Waals surface area (Å²) in [5, 5.41) is 0. The van der Waals surface area contributed by atoms with Gasteiger partial charge in [-0.25, -0.2) is 15.0 Å². The number of aromatic nitrogens is 2. The van der Waals surface area contributed by atoms with Crippen LogP contribution in [0.3, 0.4) is 0 Å². The third-order valence-electron chi connectivity index (χ3n) is 2.74. The quantitative estimate of drug-likeness (QED) is 0.791. The maximum absolute atomic E-state index is 5.34. The summed E-state index contributed by atoms with van der Waals surface area (Å²) in [4.78, 5) is 13.1. The standard InChI is InChI=1S/C15H17N3O/c1-10-5-6-13(14(9-10)19-4)18-12(3)15-16-8-7-11(2)17-15/h5-9H,1-4H3. The van der Waals surface area contributed by atoms with Gasteiger partial charge in [0.05, 0.1) is 12.8 Å². The zero-order chi connectivity index (χ0) is 13.8. The first kappa shape index (κ1) is 13.2. The third-order valence-corrected chi connectivity index (χ3v) is 2.74.